The van der Waals surface area contributed by atoms with Crippen molar-refractivity contribution in [3.8, 4) is 11.3 Å². The molecule has 1 aliphatic rings. The minimum absolute atomic E-state index is 0.652. The molecule has 1 saturated heterocycles. The Morgan fingerprint density at radius 3 is 2.77 bits per heavy atom. The lowest BCUT2D eigenvalue weighted by Crippen LogP contribution is -2.36. The summed E-state index contributed by atoms with van der Waals surface area (Å²) >= 11 is 0. The van der Waals surface area contributed by atoms with Crippen LogP contribution in [0, 0.1) is 0 Å². The van der Waals surface area contributed by atoms with E-state index in [4.69, 9.17) is 9.72 Å². The molecule has 5 aromatic rings. The summed E-state index contributed by atoms with van der Waals surface area (Å²) < 4.78 is 7.18. The lowest BCUT2D eigenvalue weighted by molar-refractivity contribution is 0.122. The van der Waals surface area contributed by atoms with E-state index < -0.39 is 0 Å². The number of nitrogens with one attached hydrogen (secondary N) is 2. The van der Waals surface area contributed by atoms with Crippen molar-refractivity contribution in [3.63, 3.8) is 0 Å². The summed E-state index contributed by atoms with van der Waals surface area (Å²) in [5, 5.41) is 15.9. The van der Waals surface area contributed by atoms with E-state index in [9.17, 15) is 0 Å². The molecule has 6 rings (SSSR count). The fourth-order valence-electron chi connectivity index (χ4n) is 3.86. The quantitative estimate of drug-likeness (QED) is 0.468. The van der Waals surface area contributed by atoms with Crippen molar-refractivity contribution < 1.29 is 4.74 Å². The van der Waals surface area contributed by atoms with E-state index in [-0.39, 0.29) is 0 Å². The fraction of sp³-hybridized carbons (Fsp3) is 0.182. The van der Waals surface area contributed by atoms with Crippen LogP contribution in [0.15, 0.2) is 61.2 Å². The number of morpholine rings is 1. The predicted octanol–water partition coefficient (Wildman–Crippen LogP) is 3.25. The van der Waals surface area contributed by atoms with Gasteiger partial charge in [-0.05, 0) is 30.3 Å². The highest BCUT2D eigenvalue weighted by Crippen LogP contribution is 2.27. The first-order chi connectivity index (χ1) is 15.3. The molecule has 0 radical (unpaired) electrons. The molecule has 4 heterocycles. The van der Waals surface area contributed by atoms with Crippen LogP contribution in [0.25, 0.3) is 27.8 Å². The Labute approximate surface area is 177 Å². The Balaban J connectivity index is 1.33. The summed E-state index contributed by atoms with van der Waals surface area (Å²) in [7, 11) is 0. The highest BCUT2D eigenvalue weighted by atomic mass is 16.5. The number of hydrogen-bond donors (Lipinski definition) is 2. The van der Waals surface area contributed by atoms with Gasteiger partial charge in [0.2, 0.25) is 0 Å². The third-order valence-corrected chi connectivity index (χ3v) is 5.51. The molecule has 9 nitrogen and oxygen atoms in total. The number of aromatic nitrogens is 6. The number of H-pyrrole nitrogens is 1. The molecule has 31 heavy (non-hydrogen) atoms. The topological polar surface area (TPSA) is 96.3 Å². The Kier molecular flexibility index (Phi) is 4.24. The maximum absolute atomic E-state index is 5.44. The molecular formula is C22H20N8O. The van der Waals surface area contributed by atoms with Gasteiger partial charge in [0.05, 0.1) is 36.8 Å². The van der Waals surface area contributed by atoms with Gasteiger partial charge in [0.25, 0.3) is 0 Å². The molecule has 0 atom stereocenters. The van der Waals surface area contributed by atoms with Gasteiger partial charge in [-0.3, -0.25) is 5.10 Å². The number of rotatable bonds is 4. The molecular weight excluding hydrogens is 392 g/mol. The van der Waals surface area contributed by atoms with E-state index in [1.165, 1.54) is 12.0 Å². The molecule has 0 aliphatic carbocycles. The van der Waals surface area contributed by atoms with E-state index in [1.54, 1.807) is 10.7 Å². The van der Waals surface area contributed by atoms with Crippen molar-refractivity contribution in [2.75, 3.05) is 36.5 Å². The monoisotopic (exact) mass is 412 g/mol. The molecule has 2 aromatic carbocycles. The van der Waals surface area contributed by atoms with Crippen LogP contribution in [-0.2, 0) is 4.74 Å². The predicted molar refractivity (Wildman–Crippen MR) is 119 cm³/mol. The number of aromatic amines is 1. The molecule has 0 unspecified atom stereocenters. The number of benzene rings is 2. The van der Waals surface area contributed by atoms with Gasteiger partial charge in [-0.15, -0.1) is 0 Å². The van der Waals surface area contributed by atoms with E-state index >= 15 is 0 Å². The van der Waals surface area contributed by atoms with Crippen LogP contribution in [0.2, 0.25) is 0 Å². The highest BCUT2D eigenvalue weighted by Gasteiger charge is 2.13. The average Bonchev–Trinajstić information content (AvgIpc) is 3.49. The first-order valence-corrected chi connectivity index (χ1v) is 10.2. The molecule has 1 aliphatic heterocycles. The van der Waals surface area contributed by atoms with Gasteiger partial charge in [-0.2, -0.15) is 10.2 Å². The zero-order valence-corrected chi connectivity index (χ0v) is 16.7. The van der Waals surface area contributed by atoms with Crippen molar-refractivity contribution in [3.05, 3.63) is 61.2 Å². The zero-order valence-electron chi connectivity index (χ0n) is 16.7. The van der Waals surface area contributed by atoms with Crippen LogP contribution in [0.5, 0.6) is 0 Å². The number of nitrogens with zero attached hydrogens (tertiary/aromatic N) is 6. The summed E-state index contributed by atoms with van der Waals surface area (Å²) in [6.45, 7) is 3.37. The van der Waals surface area contributed by atoms with Crippen LogP contribution in [0.4, 0.5) is 17.2 Å². The highest BCUT2D eigenvalue weighted by molar-refractivity contribution is 5.83. The van der Waals surface area contributed by atoms with Gasteiger partial charge in [0, 0.05) is 35.4 Å². The Morgan fingerprint density at radius 2 is 1.90 bits per heavy atom. The van der Waals surface area contributed by atoms with Crippen LogP contribution >= 0.6 is 0 Å². The Hall–Kier alpha value is -3.98. The summed E-state index contributed by atoms with van der Waals surface area (Å²) in [5.41, 5.74) is 5.53. The number of fused-ring (bicyclic) bond motifs is 2. The maximum atomic E-state index is 5.44. The Bertz CT molecular complexity index is 1350. The van der Waals surface area contributed by atoms with Gasteiger partial charge in [-0.1, -0.05) is 12.1 Å². The lowest BCUT2D eigenvalue weighted by atomic mass is 10.1. The van der Waals surface area contributed by atoms with Crippen molar-refractivity contribution >= 4 is 33.7 Å². The minimum atomic E-state index is 0.652. The first kappa shape index (κ1) is 17.8. The van der Waals surface area contributed by atoms with Crippen LogP contribution in [-0.4, -0.2) is 56.1 Å². The van der Waals surface area contributed by atoms with E-state index in [2.05, 4.69) is 54.8 Å². The molecule has 154 valence electrons. The number of hydrogen-bond acceptors (Lipinski definition) is 7. The number of ether oxygens (including phenoxy) is 1. The van der Waals surface area contributed by atoms with Crippen LogP contribution in [0.1, 0.15) is 0 Å². The SMILES string of the molecule is c1nc2c(Nc3ccc(N4CCOCC4)cc3)nc(-c3ccc4cn[nH]c4c3)cn2n1. The third kappa shape index (κ3) is 3.34. The second kappa shape index (κ2) is 7.37. The summed E-state index contributed by atoms with van der Waals surface area (Å²) in [6, 6.07) is 14.4. The van der Waals surface area contributed by atoms with Crippen molar-refractivity contribution in [2.45, 2.75) is 0 Å². The smallest absolute Gasteiger partial charge is 0.198 e. The van der Waals surface area contributed by atoms with Gasteiger partial charge in [0.1, 0.15) is 6.33 Å². The van der Waals surface area contributed by atoms with Crippen molar-refractivity contribution in [1.82, 2.24) is 29.8 Å². The normalized spacial score (nSPS) is 14.4. The molecule has 2 N–H and O–H groups in total. The van der Waals surface area contributed by atoms with E-state index in [0.717, 1.165) is 54.2 Å². The molecule has 9 heteroatoms. The summed E-state index contributed by atoms with van der Waals surface area (Å²) in [6.07, 6.45) is 5.22. The summed E-state index contributed by atoms with van der Waals surface area (Å²) in [4.78, 5) is 11.5. The average molecular weight is 412 g/mol. The second-order valence-corrected chi connectivity index (χ2v) is 7.45. The molecule has 3 aromatic heterocycles. The van der Waals surface area contributed by atoms with Crippen LogP contribution < -0.4 is 10.2 Å². The first-order valence-electron chi connectivity index (χ1n) is 10.2. The number of anilines is 3. The standard InChI is InChI=1S/C22H20N8O/c1-2-16-12-24-28-19(16)11-15(1)20-13-30-22(23-14-25-30)21(27-20)26-17-3-5-18(6-4-17)29-7-9-31-10-8-29/h1-6,11-14H,7-10H2,(H,24,28)(H,26,27). The lowest BCUT2D eigenvalue weighted by Gasteiger charge is -2.28. The molecule has 1 fully saturated rings. The minimum Gasteiger partial charge on any atom is -0.378 e. The fourth-order valence-corrected chi connectivity index (χ4v) is 3.86. The van der Waals surface area contributed by atoms with Crippen molar-refractivity contribution in [2.24, 2.45) is 0 Å². The van der Waals surface area contributed by atoms with E-state index in [0.29, 0.717) is 11.5 Å². The maximum Gasteiger partial charge on any atom is 0.198 e. The van der Waals surface area contributed by atoms with Gasteiger partial charge >= 0.3 is 0 Å². The molecule has 0 amide bonds. The zero-order chi connectivity index (χ0) is 20.6. The largest absolute Gasteiger partial charge is 0.378 e. The van der Waals surface area contributed by atoms with Crippen LogP contribution in [0.3, 0.4) is 0 Å². The molecule has 0 saturated carbocycles. The Morgan fingerprint density at radius 1 is 1.03 bits per heavy atom. The molecule has 0 bridgehead atoms. The third-order valence-electron chi connectivity index (χ3n) is 5.51. The van der Waals surface area contributed by atoms with Crippen molar-refractivity contribution in [1.29, 1.82) is 0 Å². The van der Waals surface area contributed by atoms with Gasteiger partial charge in [0.15, 0.2) is 11.5 Å². The molecule has 0 spiro atoms. The summed E-state index contributed by atoms with van der Waals surface area (Å²) in [5.74, 6) is 0.652. The van der Waals surface area contributed by atoms with E-state index in [1.807, 2.05) is 24.4 Å². The van der Waals surface area contributed by atoms with Gasteiger partial charge < -0.3 is 15.0 Å². The van der Waals surface area contributed by atoms with Gasteiger partial charge in [-0.25, -0.2) is 14.5 Å². The second-order valence-electron chi connectivity index (χ2n) is 7.45.